The first-order chi connectivity index (χ1) is 20.2. The fourth-order valence-corrected chi connectivity index (χ4v) is 8.46. The third-order valence-electron chi connectivity index (χ3n) is 7.69. The molecule has 2 aromatic carbocycles. The molecule has 4 rings (SSSR count). The molecule has 1 aliphatic heterocycles. The number of allylic oxidation sites excluding steroid dienone is 2. The molecule has 0 aliphatic carbocycles. The molecule has 7 nitrogen and oxygen atoms in total. The maximum atomic E-state index is 12.3. The molecule has 1 unspecified atom stereocenters. The third-order valence-corrected chi connectivity index (χ3v) is 11.2. The summed E-state index contributed by atoms with van der Waals surface area (Å²) in [5, 5.41) is 1.43. The molecule has 1 atom stereocenters. The van der Waals surface area contributed by atoms with Crippen molar-refractivity contribution in [3.63, 3.8) is 0 Å². The summed E-state index contributed by atoms with van der Waals surface area (Å²) in [6.45, 7) is 7.75. The molecule has 3 aromatic rings. The number of methoxy groups -OCH3 is 2. The number of hydrogen-bond acceptors (Lipinski definition) is 7. The number of nitrogens with zero attached hydrogens (tertiary/aromatic N) is 2. The summed E-state index contributed by atoms with van der Waals surface area (Å²) in [4.78, 5) is 3.52. The number of fused-ring (bicyclic) bond motifs is 2. The third kappa shape index (κ3) is 7.70. The fourth-order valence-electron chi connectivity index (χ4n) is 5.26. The van der Waals surface area contributed by atoms with Crippen LogP contribution in [0.15, 0.2) is 58.0 Å². The minimum absolute atomic E-state index is 0.346. The Kier molecular flexibility index (Phi) is 11.4. The van der Waals surface area contributed by atoms with E-state index in [0.717, 1.165) is 71.1 Å². The van der Waals surface area contributed by atoms with Crippen LogP contribution in [-0.4, -0.2) is 39.0 Å². The molecule has 0 saturated carbocycles. The predicted octanol–water partition coefficient (Wildman–Crippen LogP) is 8.09. The van der Waals surface area contributed by atoms with Gasteiger partial charge in [-0.3, -0.25) is 4.55 Å². The molecule has 1 aromatic heterocycles. The molecule has 0 fully saturated rings. The first kappa shape index (κ1) is 32.4. The Bertz CT molecular complexity index is 1540. The number of hydrogen-bond donors (Lipinski definition) is 1. The van der Waals surface area contributed by atoms with E-state index in [1.165, 1.54) is 15.5 Å². The van der Waals surface area contributed by atoms with Crippen molar-refractivity contribution in [3.05, 3.63) is 58.1 Å². The van der Waals surface area contributed by atoms with Crippen LogP contribution in [-0.2, 0) is 16.7 Å². The van der Waals surface area contributed by atoms with Crippen LogP contribution in [0.25, 0.3) is 16.3 Å². The van der Waals surface area contributed by atoms with Crippen LogP contribution in [0.1, 0.15) is 70.7 Å². The van der Waals surface area contributed by atoms with E-state index in [2.05, 4.69) is 60.6 Å². The van der Waals surface area contributed by atoms with Gasteiger partial charge in [0.25, 0.3) is 15.1 Å². The number of benzene rings is 2. The highest BCUT2D eigenvalue weighted by Crippen LogP contribution is 2.47. The van der Waals surface area contributed by atoms with Crippen molar-refractivity contribution in [1.82, 2.24) is 0 Å². The molecule has 10 heteroatoms. The van der Waals surface area contributed by atoms with E-state index < -0.39 is 15.4 Å². The Balaban J connectivity index is 1.69. The molecule has 0 radical (unpaired) electrons. The van der Waals surface area contributed by atoms with Crippen molar-refractivity contribution in [1.29, 1.82) is 0 Å². The Morgan fingerprint density at radius 1 is 1.02 bits per heavy atom. The number of anilines is 1. The molecule has 42 heavy (non-hydrogen) atoms. The Morgan fingerprint density at radius 3 is 2.43 bits per heavy atom. The SMILES string of the molecule is CCCCCCC(CC[n+]1c(/C=C(/C=C2\Sc3ccc(OC)cc3N2CC)CC)sc2ccc(OC)cc21)S(=O)(=O)O. The van der Waals surface area contributed by atoms with Crippen molar-refractivity contribution in [2.45, 2.75) is 82.4 Å². The summed E-state index contributed by atoms with van der Waals surface area (Å²) in [6, 6.07) is 12.2. The topological polar surface area (TPSA) is 80.0 Å². The van der Waals surface area contributed by atoms with Gasteiger partial charge in [0.05, 0.1) is 36.3 Å². The number of aromatic nitrogens is 1. The average molecular weight is 632 g/mol. The molecule has 1 aliphatic rings. The summed E-state index contributed by atoms with van der Waals surface area (Å²) in [6.07, 6.45) is 10.0. The quantitative estimate of drug-likeness (QED) is 0.103. The van der Waals surface area contributed by atoms with E-state index in [4.69, 9.17) is 9.47 Å². The van der Waals surface area contributed by atoms with Crippen LogP contribution in [0.5, 0.6) is 11.5 Å². The number of aryl methyl sites for hydroxylation is 1. The number of thioether (sulfide) groups is 1. The van der Waals surface area contributed by atoms with E-state index in [1.54, 1.807) is 37.3 Å². The average Bonchev–Trinajstić information content (AvgIpc) is 3.50. The summed E-state index contributed by atoms with van der Waals surface area (Å²) < 4.78 is 48.9. The lowest BCUT2D eigenvalue weighted by atomic mass is 10.1. The van der Waals surface area contributed by atoms with E-state index in [-0.39, 0.29) is 0 Å². The normalized spacial score (nSPS) is 15.4. The van der Waals surface area contributed by atoms with E-state index >= 15 is 0 Å². The summed E-state index contributed by atoms with van der Waals surface area (Å²) in [7, 11) is -0.805. The zero-order chi connectivity index (χ0) is 30.3. The first-order valence-electron chi connectivity index (χ1n) is 14.7. The first-order valence-corrected chi connectivity index (χ1v) is 17.9. The number of thiazole rings is 1. The minimum atomic E-state index is -4.14. The van der Waals surface area contributed by atoms with Gasteiger partial charge in [-0.05, 0) is 55.7 Å². The molecule has 1 N–H and O–H groups in total. The zero-order valence-corrected chi connectivity index (χ0v) is 27.7. The van der Waals surface area contributed by atoms with Crippen molar-refractivity contribution in [3.8, 4) is 11.5 Å². The van der Waals surface area contributed by atoms with Gasteiger partial charge in [-0.15, -0.1) is 0 Å². The van der Waals surface area contributed by atoms with E-state index in [0.29, 0.717) is 19.4 Å². The fraction of sp³-hybridized carbons (Fsp3) is 0.469. The number of rotatable bonds is 15. The van der Waals surface area contributed by atoms with Crippen LogP contribution in [0.4, 0.5) is 5.69 Å². The standard InChI is InChI=1S/C32H42N2O5S3/c1-6-9-10-11-12-26(42(35,36)37)17-18-34-28-22-25(39-5)14-16-30(28)41-32(34)20-23(7-2)19-31-33(8-3)27-21-24(38-4)13-15-29(27)40-31/h13-16,19-22,26H,6-12,17-18H2,1-5H3/p+1. The van der Waals surface area contributed by atoms with Gasteiger partial charge < -0.3 is 14.4 Å². The highest BCUT2D eigenvalue weighted by molar-refractivity contribution is 8.03. The largest absolute Gasteiger partial charge is 0.497 e. The monoisotopic (exact) mass is 631 g/mol. The molecule has 0 amide bonds. The highest BCUT2D eigenvalue weighted by Gasteiger charge is 2.28. The maximum Gasteiger partial charge on any atom is 0.268 e. The molecule has 228 valence electrons. The number of unbranched alkanes of at least 4 members (excludes halogenated alkanes) is 3. The lowest BCUT2D eigenvalue weighted by Gasteiger charge is -2.18. The second-order valence-electron chi connectivity index (χ2n) is 10.4. The van der Waals surface area contributed by atoms with Crippen molar-refractivity contribution >= 4 is 55.2 Å². The molecule has 0 bridgehead atoms. The van der Waals surface area contributed by atoms with Crippen LogP contribution in [0.2, 0.25) is 0 Å². The van der Waals surface area contributed by atoms with Gasteiger partial charge in [0.2, 0.25) is 5.52 Å². The molecule has 0 saturated heterocycles. The Labute approximate surface area is 259 Å². The molecule has 2 heterocycles. The van der Waals surface area contributed by atoms with Crippen LogP contribution < -0.4 is 18.9 Å². The lowest BCUT2D eigenvalue weighted by Crippen LogP contribution is -2.38. The van der Waals surface area contributed by atoms with Gasteiger partial charge >= 0.3 is 0 Å². The van der Waals surface area contributed by atoms with E-state index in [9.17, 15) is 13.0 Å². The Hall–Kier alpha value is -2.53. The molecular formula is C32H43N2O5S3+. The summed E-state index contributed by atoms with van der Waals surface area (Å²) >= 11 is 3.44. The lowest BCUT2D eigenvalue weighted by molar-refractivity contribution is -0.669. The van der Waals surface area contributed by atoms with Crippen molar-refractivity contribution in [2.24, 2.45) is 0 Å². The van der Waals surface area contributed by atoms with E-state index in [1.807, 2.05) is 18.2 Å². The van der Waals surface area contributed by atoms with Crippen LogP contribution in [0.3, 0.4) is 0 Å². The molecular weight excluding hydrogens is 589 g/mol. The van der Waals surface area contributed by atoms with Gasteiger partial charge in [-0.2, -0.15) is 13.0 Å². The van der Waals surface area contributed by atoms with Crippen LogP contribution in [0, 0.1) is 0 Å². The van der Waals surface area contributed by atoms with Gasteiger partial charge in [-0.25, -0.2) is 0 Å². The molecule has 0 spiro atoms. The second kappa shape index (κ2) is 14.8. The smallest absolute Gasteiger partial charge is 0.268 e. The summed E-state index contributed by atoms with van der Waals surface area (Å²) in [5.41, 5.74) is 3.33. The van der Waals surface area contributed by atoms with Crippen molar-refractivity contribution in [2.75, 3.05) is 25.7 Å². The zero-order valence-electron chi connectivity index (χ0n) is 25.3. The second-order valence-corrected chi connectivity index (χ2v) is 14.3. The Morgan fingerprint density at radius 2 is 1.76 bits per heavy atom. The van der Waals surface area contributed by atoms with Crippen molar-refractivity contribution < 1.29 is 27.0 Å². The van der Waals surface area contributed by atoms with Crippen LogP contribution >= 0.6 is 23.1 Å². The number of ether oxygens (including phenoxy) is 2. The maximum absolute atomic E-state index is 12.3. The summed E-state index contributed by atoms with van der Waals surface area (Å²) in [5.74, 6) is 1.60. The van der Waals surface area contributed by atoms with Gasteiger partial charge in [0.1, 0.15) is 16.2 Å². The van der Waals surface area contributed by atoms with Gasteiger partial charge in [-0.1, -0.05) is 62.6 Å². The van der Waals surface area contributed by atoms with Gasteiger partial charge in [0, 0.05) is 30.0 Å². The highest BCUT2D eigenvalue weighted by atomic mass is 32.2. The minimum Gasteiger partial charge on any atom is -0.497 e. The predicted molar refractivity (Wildman–Crippen MR) is 176 cm³/mol. The van der Waals surface area contributed by atoms with Gasteiger partial charge in [0.15, 0.2) is 6.54 Å².